The summed E-state index contributed by atoms with van der Waals surface area (Å²) in [5.41, 5.74) is 0. The number of methoxy groups -OCH3 is 1. The third-order valence-corrected chi connectivity index (χ3v) is 5.91. The maximum absolute atomic E-state index is 5.25. The molecule has 1 heterocycles. The SMILES string of the molecule is CCNC(=NCCN(CCOC)C1CC1)N1CC2CCCCC2C1. The maximum Gasteiger partial charge on any atom is 0.193 e. The molecule has 0 aromatic carbocycles. The number of aliphatic imine (C=N–C) groups is 1. The van der Waals surface area contributed by atoms with Gasteiger partial charge in [-0.25, -0.2) is 0 Å². The molecule has 5 nitrogen and oxygen atoms in total. The molecule has 24 heavy (non-hydrogen) atoms. The Morgan fingerprint density at radius 2 is 1.83 bits per heavy atom. The summed E-state index contributed by atoms with van der Waals surface area (Å²) in [6, 6.07) is 0.785. The summed E-state index contributed by atoms with van der Waals surface area (Å²) in [4.78, 5) is 10.0. The molecule has 2 saturated carbocycles. The summed E-state index contributed by atoms with van der Waals surface area (Å²) >= 11 is 0. The predicted molar refractivity (Wildman–Crippen MR) is 99.5 cm³/mol. The van der Waals surface area contributed by atoms with Crippen LogP contribution in [-0.4, -0.2) is 74.8 Å². The lowest BCUT2D eigenvalue weighted by Crippen LogP contribution is -2.41. The molecular formula is C19H36N4O. The van der Waals surface area contributed by atoms with Crippen molar-refractivity contribution in [2.45, 2.75) is 51.5 Å². The van der Waals surface area contributed by atoms with Crippen LogP contribution >= 0.6 is 0 Å². The Bertz CT molecular complexity index is 396. The van der Waals surface area contributed by atoms with Crippen LogP contribution in [0.1, 0.15) is 45.4 Å². The summed E-state index contributed by atoms with van der Waals surface area (Å²) in [5.74, 6) is 2.97. The van der Waals surface area contributed by atoms with Crippen molar-refractivity contribution in [2.24, 2.45) is 16.8 Å². The van der Waals surface area contributed by atoms with E-state index in [0.29, 0.717) is 0 Å². The molecule has 0 amide bonds. The van der Waals surface area contributed by atoms with Crippen LogP contribution in [0.25, 0.3) is 0 Å². The highest BCUT2D eigenvalue weighted by Gasteiger charge is 2.35. The van der Waals surface area contributed by atoms with Crippen LogP contribution in [0.5, 0.6) is 0 Å². The standard InChI is InChI=1S/C19H36N4O/c1-3-20-19(23-14-16-6-4-5-7-17(16)15-23)21-10-11-22(12-13-24-2)18-8-9-18/h16-18H,3-15H2,1-2H3,(H,20,21). The van der Waals surface area contributed by atoms with Gasteiger partial charge in [0.05, 0.1) is 13.2 Å². The second-order valence-corrected chi connectivity index (χ2v) is 7.71. The van der Waals surface area contributed by atoms with Gasteiger partial charge in [0.1, 0.15) is 0 Å². The summed E-state index contributed by atoms with van der Waals surface area (Å²) in [5, 5.41) is 3.53. The largest absolute Gasteiger partial charge is 0.383 e. The van der Waals surface area contributed by atoms with Gasteiger partial charge in [0.2, 0.25) is 0 Å². The number of fused-ring (bicyclic) bond motifs is 1. The number of nitrogens with zero attached hydrogens (tertiary/aromatic N) is 3. The lowest BCUT2D eigenvalue weighted by atomic mass is 9.82. The molecule has 3 rings (SSSR count). The summed E-state index contributed by atoms with van der Waals surface area (Å²) in [6.07, 6.45) is 8.41. The minimum Gasteiger partial charge on any atom is -0.383 e. The number of likely N-dealkylation sites (tertiary alicyclic amines) is 1. The molecule has 0 aromatic rings. The van der Waals surface area contributed by atoms with Crippen molar-refractivity contribution in [1.82, 2.24) is 15.1 Å². The van der Waals surface area contributed by atoms with Crippen molar-refractivity contribution < 1.29 is 4.74 Å². The molecule has 138 valence electrons. The van der Waals surface area contributed by atoms with Crippen molar-refractivity contribution in [3.63, 3.8) is 0 Å². The van der Waals surface area contributed by atoms with Gasteiger partial charge in [-0.05, 0) is 44.4 Å². The van der Waals surface area contributed by atoms with E-state index in [1.807, 2.05) is 0 Å². The molecule has 3 fully saturated rings. The second-order valence-electron chi connectivity index (χ2n) is 7.71. The first-order valence-corrected chi connectivity index (χ1v) is 10.1. The molecule has 2 unspecified atom stereocenters. The summed E-state index contributed by atoms with van der Waals surface area (Å²) in [6.45, 7) is 9.39. The Hall–Kier alpha value is -0.810. The Morgan fingerprint density at radius 3 is 2.42 bits per heavy atom. The van der Waals surface area contributed by atoms with Crippen LogP contribution in [0.3, 0.4) is 0 Å². The minimum atomic E-state index is 0.785. The van der Waals surface area contributed by atoms with Gasteiger partial charge >= 0.3 is 0 Å². The number of hydrogen-bond acceptors (Lipinski definition) is 3. The average Bonchev–Trinajstić information content (AvgIpc) is 3.35. The van der Waals surface area contributed by atoms with E-state index in [9.17, 15) is 0 Å². The highest BCUT2D eigenvalue weighted by atomic mass is 16.5. The smallest absolute Gasteiger partial charge is 0.193 e. The van der Waals surface area contributed by atoms with Gasteiger partial charge in [0, 0.05) is 45.9 Å². The van der Waals surface area contributed by atoms with Gasteiger partial charge in [0.15, 0.2) is 5.96 Å². The quantitative estimate of drug-likeness (QED) is 0.545. The highest BCUT2D eigenvalue weighted by Crippen LogP contribution is 2.36. The Labute approximate surface area is 147 Å². The lowest BCUT2D eigenvalue weighted by molar-refractivity contribution is 0.145. The van der Waals surface area contributed by atoms with E-state index >= 15 is 0 Å². The van der Waals surface area contributed by atoms with E-state index in [4.69, 9.17) is 9.73 Å². The fraction of sp³-hybridized carbons (Fsp3) is 0.947. The monoisotopic (exact) mass is 336 g/mol. The maximum atomic E-state index is 5.25. The molecule has 3 aliphatic rings. The fourth-order valence-electron chi connectivity index (χ4n) is 4.41. The number of nitrogens with one attached hydrogen (secondary N) is 1. The van der Waals surface area contributed by atoms with Crippen molar-refractivity contribution in [1.29, 1.82) is 0 Å². The van der Waals surface area contributed by atoms with E-state index in [-0.39, 0.29) is 0 Å². The van der Waals surface area contributed by atoms with Crippen molar-refractivity contribution in [3.05, 3.63) is 0 Å². The van der Waals surface area contributed by atoms with E-state index < -0.39 is 0 Å². The molecule has 0 spiro atoms. The van der Waals surface area contributed by atoms with Crippen LogP contribution in [0, 0.1) is 11.8 Å². The topological polar surface area (TPSA) is 40.1 Å². The van der Waals surface area contributed by atoms with Gasteiger partial charge in [-0.3, -0.25) is 9.89 Å². The second kappa shape index (κ2) is 9.04. The predicted octanol–water partition coefficient (Wildman–Crippen LogP) is 2.18. The van der Waals surface area contributed by atoms with Crippen LogP contribution in [0.15, 0.2) is 4.99 Å². The molecule has 1 aliphatic heterocycles. The van der Waals surface area contributed by atoms with Gasteiger partial charge in [-0.1, -0.05) is 12.8 Å². The number of rotatable bonds is 8. The molecular weight excluding hydrogens is 300 g/mol. The van der Waals surface area contributed by atoms with Gasteiger partial charge in [-0.2, -0.15) is 0 Å². The Morgan fingerprint density at radius 1 is 1.12 bits per heavy atom. The van der Waals surface area contributed by atoms with Crippen LogP contribution in [-0.2, 0) is 4.74 Å². The summed E-state index contributed by atoms with van der Waals surface area (Å²) < 4.78 is 5.25. The first-order valence-electron chi connectivity index (χ1n) is 10.1. The fourth-order valence-corrected chi connectivity index (χ4v) is 4.41. The molecule has 5 heteroatoms. The molecule has 1 N–H and O–H groups in total. The van der Waals surface area contributed by atoms with Crippen molar-refractivity contribution in [2.75, 3.05) is 53.0 Å². The van der Waals surface area contributed by atoms with E-state index in [1.165, 1.54) is 51.6 Å². The average molecular weight is 337 g/mol. The highest BCUT2D eigenvalue weighted by molar-refractivity contribution is 5.80. The van der Waals surface area contributed by atoms with Crippen LogP contribution in [0.4, 0.5) is 0 Å². The normalized spacial score (nSPS) is 27.6. The molecule has 2 atom stereocenters. The third-order valence-electron chi connectivity index (χ3n) is 5.91. The number of ether oxygens (including phenoxy) is 1. The first kappa shape index (κ1) is 18.0. The van der Waals surface area contributed by atoms with E-state index in [1.54, 1.807) is 7.11 Å². The third kappa shape index (κ3) is 4.85. The lowest BCUT2D eigenvalue weighted by Gasteiger charge is -2.23. The molecule has 2 aliphatic carbocycles. The van der Waals surface area contributed by atoms with Crippen LogP contribution in [0.2, 0.25) is 0 Å². The summed E-state index contributed by atoms with van der Waals surface area (Å²) in [7, 11) is 1.79. The van der Waals surface area contributed by atoms with E-state index in [2.05, 4.69) is 22.0 Å². The minimum absolute atomic E-state index is 0.785. The molecule has 0 radical (unpaired) electrons. The van der Waals surface area contributed by atoms with Gasteiger partial charge in [-0.15, -0.1) is 0 Å². The Balaban J connectivity index is 1.51. The molecule has 0 bridgehead atoms. The Kier molecular flexibility index (Phi) is 6.78. The zero-order valence-corrected chi connectivity index (χ0v) is 15.7. The van der Waals surface area contributed by atoms with Gasteiger partial charge < -0.3 is 15.0 Å². The first-order chi connectivity index (χ1) is 11.8. The molecule has 0 aromatic heterocycles. The van der Waals surface area contributed by atoms with Gasteiger partial charge in [0.25, 0.3) is 0 Å². The zero-order chi connectivity index (χ0) is 16.8. The van der Waals surface area contributed by atoms with E-state index in [0.717, 1.165) is 56.6 Å². The zero-order valence-electron chi connectivity index (χ0n) is 15.7. The molecule has 1 saturated heterocycles. The van der Waals surface area contributed by atoms with Crippen molar-refractivity contribution >= 4 is 5.96 Å². The number of hydrogen-bond donors (Lipinski definition) is 1. The van der Waals surface area contributed by atoms with Crippen molar-refractivity contribution in [3.8, 4) is 0 Å². The number of guanidine groups is 1. The van der Waals surface area contributed by atoms with Crippen LogP contribution < -0.4 is 5.32 Å².